The summed E-state index contributed by atoms with van der Waals surface area (Å²) in [5.41, 5.74) is 2.14. The quantitative estimate of drug-likeness (QED) is 0.789. The van der Waals surface area contributed by atoms with Crippen LogP contribution in [0.2, 0.25) is 0 Å². The first-order valence-corrected chi connectivity index (χ1v) is 8.74. The van der Waals surface area contributed by atoms with Gasteiger partial charge in [0.15, 0.2) is 0 Å². The van der Waals surface area contributed by atoms with E-state index in [1.165, 1.54) is 0 Å². The van der Waals surface area contributed by atoms with Crippen molar-refractivity contribution in [1.82, 2.24) is 14.9 Å². The zero-order valence-electron chi connectivity index (χ0n) is 12.8. The number of anilines is 1. The Balaban J connectivity index is 0.000000704. The summed E-state index contributed by atoms with van der Waals surface area (Å²) < 4.78 is 13.8. The summed E-state index contributed by atoms with van der Waals surface area (Å²) in [4.78, 5) is 10.9. The average Bonchev–Trinajstić information content (AvgIpc) is 2.80. The topological polar surface area (TPSA) is 49.3 Å². The Kier molecular flexibility index (Phi) is 4.75. The van der Waals surface area contributed by atoms with Crippen molar-refractivity contribution in [1.29, 1.82) is 0 Å². The monoisotopic (exact) mass is 296 g/mol. The van der Waals surface area contributed by atoms with Crippen LogP contribution in [-0.2, 0) is 16.4 Å². The van der Waals surface area contributed by atoms with E-state index in [1.807, 2.05) is 18.2 Å². The summed E-state index contributed by atoms with van der Waals surface area (Å²) in [5, 5.41) is 0. The summed E-state index contributed by atoms with van der Waals surface area (Å²) in [6.07, 6.45) is 7.31. The second-order valence-corrected chi connectivity index (χ2v) is 6.59. The molecule has 1 saturated heterocycles. The predicted octanol–water partition coefficient (Wildman–Crippen LogP) is 1.58. The molecule has 1 aromatic heterocycles. The van der Waals surface area contributed by atoms with Crippen molar-refractivity contribution in [2.24, 2.45) is 0 Å². The molecule has 1 spiro atoms. The zero-order chi connectivity index (χ0) is 14.8. The van der Waals surface area contributed by atoms with Gasteiger partial charge in [0.2, 0.25) is 0 Å². The van der Waals surface area contributed by atoms with Crippen molar-refractivity contribution < 1.29 is 4.21 Å². The minimum atomic E-state index is -0.999. The summed E-state index contributed by atoms with van der Waals surface area (Å²) in [5.74, 6) is 0. The molecule has 0 saturated carbocycles. The average molecular weight is 296 g/mol. The molecule has 0 bridgehead atoms. The second kappa shape index (κ2) is 6.18. The highest BCUT2D eigenvalue weighted by molar-refractivity contribution is 7.85. The van der Waals surface area contributed by atoms with Crippen LogP contribution >= 0.6 is 0 Å². The van der Waals surface area contributed by atoms with Crippen LogP contribution in [0, 0.1) is 0 Å². The van der Waals surface area contributed by atoms with Crippen LogP contribution in [0.15, 0.2) is 12.5 Å². The van der Waals surface area contributed by atoms with Crippen LogP contribution < -0.4 is 4.31 Å². The largest absolute Gasteiger partial charge is 0.306 e. The lowest BCUT2D eigenvalue weighted by Gasteiger charge is -2.37. The van der Waals surface area contributed by atoms with Gasteiger partial charge >= 0.3 is 0 Å². The summed E-state index contributed by atoms with van der Waals surface area (Å²) >= 11 is 0. The third-order valence-electron chi connectivity index (χ3n) is 4.16. The van der Waals surface area contributed by atoms with E-state index in [-0.39, 0.29) is 5.41 Å². The van der Waals surface area contributed by atoms with Crippen molar-refractivity contribution in [2.45, 2.75) is 32.1 Å². The molecule has 112 valence electrons. The Bertz CT molecular complexity index is 486. The Labute approximate surface area is 124 Å². The molecule has 0 radical (unpaired) electrons. The van der Waals surface area contributed by atoms with Crippen molar-refractivity contribution in [2.75, 3.05) is 37.2 Å². The van der Waals surface area contributed by atoms with Crippen LogP contribution in [0.4, 0.5) is 5.69 Å². The second-order valence-electron chi connectivity index (χ2n) is 5.30. The first kappa shape index (κ1) is 15.4. The molecule has 5 nitrogen and oxygen atoms in total. The van der Waals surface area contributed by atoms with E-state index in [1.54, 1.807) is 18.8 Å². The molecule has 1 unspecified atom stereocenters. The first-order valence-electron chi connectivity index (χ1n) is 7.22. The first-order chi connectivity index (χ1) is 9.62. The molecule has 2 aliphatic heterocycles. The Morgan fingerprint density at radius 1 is 1.30 bits per heavy atom. The van der Waals surface area contributed by atoms with Gasteiger partial charge < -0.3 is 4.90 Å². The van der Waals surface area contributed by atoms with Crippen LogP contribution in [0.25, 0.3) is 0 Å². The third-order valence-corrected chi connectivity index (χ3v) is 5.11. The molecule has 0 aliphatic carbocycles. The minimum absolute atomic E-state index is 0.0798. The van der Waals surface area contributed by atoms with E-state index in [4.69, 9.17) is 0 Å². The standard InChI is InChI=1S/C12H18N4OS.C2H6/c1-15-5-3-12(4-6-15)8-16(18(2)17)10-7-13-9-14-11(10)12;1-2/h7,9H,3-6,8H2,1-2H3;1-2H3. The highest BCUT2D eigenvalue weighted by Crippen LogP contribution is 2.45. The van der Waals surface area contributed by atoms with E-state index in [2.05, 4.69) is 21.9 Å². The van der Waals surface area contributed by atoms with E-state index < -0.39 is 11.0 Å². The molecule has 20 heavy (non-hydrogen) atoms. The Hall–Kier alpha value is -1.01. The summed E-state index contributed by atoms with van der Waals surface area (Å²) in [7, 11) is 1.15. The molecule has 0 N–H and O–H groups in total. The summed E-state index contributed by atoms with van der Waals surface area (Å²) in [6.45, 7) is 6.97. The van der Waals surface area contributed by atoms with Crippen molar-refractivity contribution >= 4 is 16.7 Å². The molecule has 2 aliphatic rings. The van der Waals surface area contributed by atoms with E-state index in [0.717, 1.165) is 43.9 Å². The highest BCUT2D eigenvalue weighted by atomic mass is 32.2. The maximum atomic E-state index is 11.9. The molecule has 3 heterocycles. The molecule has 1 fully saturated rings. The molecule has 0 aromatic carbocycles. The number of nitrogens with zero attached hydrogens (tertiary/aromatic N) is 4. The van der Waals surface area contributed by atoms with Gasteiger partial charge in [-0.25, -0.2) is 14.2 Å². The molecule has 6 heteroatoms. The fraction of sp³-hybridized carbons (Fsp3) is 0.714. The van der Waals surface area contributed by atoms with Crippen LogP contribution in [0.3, 0.4) is 0 Å². The van der Waals surface area contributed by atoms with Crippen molar-refractivity contribution in [3.05, 3.63) is 18.2 Å². The normalized spacial score (nSPS) is 22.1. The van der Waals surface area contributed by atoms with Crippen molar-refractivity contribution in [3.8, 4) is 0 Å². The van der Waals surface area contributed by atoms with Gasteiger partial charge in [-0.2, -0.15) is 0 Å². The highest BCUT2D eigenvalue weighted by Gasteiger charge is 2.46. The van der Waals surface area contributed by atoms with Gasteiger partial charge in [0, 0.05) is 18.2 Å². The number of piperidine rings is 1. The molecule has 3 rings (SSSR count). The van der Waals surface area contributed by atoms with Crippen LogP contribution in [0.1, 0.15) is 32.4 Å². The van der Waals surface area contributed by atoms with Gasteiger partial charge in [-0.3, -0.25) is 4.31 Å². The fourth-order valence-corrected chi connectivity index (χ4v) is 3.86. The molecular formula is C14H24N4OS. The smallest absolute Gasteiger partial charge is 0.116 e. The lowest BCUT2D eigenvalue weighted by molar-refractivity contribution is 0.196. The number of aromatic nitrogens is 2. The van der Waals surface area contributed by atoms with Crippen LogP contribution in [-0.4, -0.2) is 52.0 Å². The number of rotatable bonds is 1. The lowest BCUT2D eigenvalue weighted by atomic mass is 9.77. The lowest BCUT2D eigenvalue weighted by Crippen LogP contribution is -2.44. The zero-order valence-corrected chi connectivity index (χ0v) is 13.6. The molecule has 0 amide bonds. The van der Waals surface area contributed by atoms with Gasteiger partial charge in [-0.05, 0) is 33.0 Å². The maximum absolute atomic E-state index is 11.9. The van der Waals surface area contributed by atoms with E-state index >= 15 is 0 Å². The number of hydrogen-bond acceptors (Lipinski definition) is 4. The predicted molar refractivity (Wildman–Crippen MR) is 83.2 cm³/mol. The number of hydrogen-bond donors (Lipinski definition) is 0. The maximum Gasteiger partial charge on any atom is 0.116 e. The molecular weight excluding hydrogens is 272 g/mol. The molecule has 1 atom stereocenters. The third kappa shape index (κ3) is 2.59. The van der Waals surface area contributed by atoms with Gasteiger partial charge in [0.1, 0.15) is 17.3 Å². The number of likely N-dealkylation sites (tertiary alicyclic amines) is 1. The number of fused-ring (bicyclic) bond motifs is 2. The minimum Gasteiger partial charge on any atom is -0.306 e. The molecule has 1 aromatic rings. The van der Waals surface area contributed by atoms with Gasteiger partial charge in [-0.1, -0.05) is 13.8 Å². The fourth-order valence-electron chi connectivity index (χ4n) is 3.02. The Morgan fingerprint density at radius 3 is 2.55 bits per heavy atom. The van der Waals surface area contributed by atoms with Crippen molar-refractivity contribution in [3.63, 3.8) is 0 Å². The van der Waals surface area contributed by atoms with Crippen LogP contribution in [0.5, 0.6) is 0 Å². The van der Waals surface area contributed by atoms with Gasteiger partial charge in [-0.15, -0.1) is 0 Å². The SMILES string of the molecule is CC.CN1CCC2(CC1)CN(S(C)=O)c1cncnc12. The van der Waals surface area contributed by atoms with Gasteiger partial charge in [0.25, 0.3) is 0 Å². The summed E-state index contributed by atoms with van der Waals surface area (Å²) in [6, 6.07) is 0. The van der Waals surface area contributed by atoms with Gasteiger partial charge in [0.05, 0.1) is 17.6 Å². The Morgan fingerprint density at radius 2 is 1.95 bits per heavy atom. The van der Waals surface area contributed by atoms with E-state index in [9.17, 15) is 4.21 Å². The van der Waals surface area contributed by atoms with E-state index in [0.29, 0.717) is 0 Å².